The Bertz CT molecular complexity index is 856. The fourth-order valence-electron chi connectivity index (χ4n) is 2.68. The van der Waals surface area contributed by atoms with Gasteiger partial charge in [-0.05, 0) is 25.1 Å². The quantitative estimate of drug-likeness (QED) is 0.563. The summed E-state index contributed by atoms with van der Waals surface area (Å²) in [6.45, 7) is 2.33. The maximum Gasteiger partial charge on any atom is 0.193 e. The number of fused-ring (bicyclic) bond motifs is 1. The Morgan fingerprint density at radius 3 is 2.67 bits per heavy atom. The molecule has 27 heavy (non-hydrogen) atoms. The van der Waals surface area contributed by atoms with Gasteiger partial charge in [0.15, 0.2) is 17.5 Å². The Kier molecular flexibility index (Phi) is 5.46. The van der Waals surface area contributed by atoms with Gasteiger partial charge in [0.1, 0.15) is 17.2 Å². The zero-order valence-corrected chi connectivity index (χ0v) is 14.8. The normalized spacial score (nSPS) is 16.4. The van der Waals surface area contributed by atoms with Crippen molar-refractivity contribution in [3.8, 4) is 11.5 Å². The highest BCUT2D eigenvalue weighted by atomic mass is 19.1. The second-order valence-corrected chi connectivity index (χ2v) is 6.44. The number of rotatable bonds is 4. The molecule has 0 radical (unpaired) electrons. The molecule has 1 aliphatic rings. The van der Waals surface area contributed by atoms with Crippen molar-refractivity contribution in [1.82, 2.24) is 0 Å². The second-order valence-electron chi connectivity index (χ2n) is 6.44. The first kappa shape index (κ1) is 18.9. The predicted octanol–water partition coefficient (Wildman–Crippen LogP) is 2.76. The minimum absolute atomic E-state index is 0.0345. The zero-order valence-electron chi connectivity index (χ0n) is 14.8. The molecule has 0 saturated heterocycles. The lowest BCUT2D eigenvalue weighted by molar-refractivity contribution is 0.0634. The molecule has 3 rings (SSSR count). The molecule has 4 N–H and O–H groups in total. The number of aliphatic hydroxyl groups is 1. The van der Waals surface area contributed by atoms with E-state index in [9.17, 15) is 13.9 Å². The van der Waals surface area contributed by atoms with Crippen LogP contribution in [0.3, 0.4) is 0 Å². The van der Waals surface area contributed by atoms with Crippen molar-refractivity contribution >= 4 is 11.6 Å². The largest absolute Gasteiger partial charge is 0.490 e. The van der Waals surface area contributed by atoms with E-state index in [1.807, 2.05) is 0 Å². The molecule has 2 aromatic carbocycles. The van der Waals surface area contributed by atoms with Crippen LogP contribution in [0.15, 0.2) is 41.4 Å². The van der Waals surface area contributed by atoms with E-state index in [1.54, 1.807) is 18.2 Å². The Balaban J connectivity index is 1.69. The molecule has 8 heteroatoms. The molecule has 1 aliphatic heterocycles. The second kappa shape index (κ2) is 7.79. The summed E-state index contributed by atoms with van der Waals surface area (Å²) in [7, 11) is 0. The van der Waals surface area contributed by atoms with Crippen LogP contribution < -0.4 is 20.5 Å². The van der Waals surface area contributed by atoms with Crippen LogP contribution in [-0.4, -0.2) is 30.8 Å². The number of ether oxygens (including phenoxy) is 2. The predicted molar refractivity (Wildman–Crippen MR) is 98.1 cm³/mol. The first-order valence-electron chi connectivity index (χ1n) is 8.50. The van der Waals surface area contributed by atoms with Crippen molar-refractivity contribution < 1.29 is 23.4 Å². The standard InChI is InChI=1S/C19H21F2N3O3/c1-19(25,14-5-3-12(20)9-15(14)21)11-23-18(22)24-13-4-6-16-17(10-13)27-8-2-7-26-16/h3-6,9-10,25H,2,7-8,11H2,1H3,(H3,22,23,24). The number of hydrogen-bond acceptors (Lipinski definition) is 4. The number of aliphatic imine (C=N–C) groups is 1. The monoisotopic (exact) mass is 377 g/mol. The average Bonchev–Trinajstić information content (AvgIpc) is 2.85. The van der Waals surface area contributed by atoms with Crippen LogP contribution >= 0.6 is 0 Å². The van der Waals surface area contributed by atoms with Gasteiger partial charge in [0.25, 0.3) is 0 Å². The van der Waals surface area contributed by atoms with E-state index in [4.69, 9.17) is 15.2 Å². The van der Waals surface area contributed by atoms with Crippen molar-refractivity contribution in [2.45, 2.75) is 18.9 Å². The first-order valence-corrected chi connectivity index (χ1v) is 8.50. The zero-order chi connectivity index (χ0) is 19.4. The fourth-order valence-corrected chi connectivity index (χ4v) is 2.68. The fraction of sp³-hybridized carbons (Fsp3) is 0.316. The van der Waals surface area contributed by atoms with Gasteiger partial charge < -0.3 is 25.6 Å². The highest BCUT2D eigenvalue weighted by molar-refractivity contribution is 5.92. The Morgan fingerprint density at radius 1 is 1.19 bits per heavy atom. The minimum Gasteiger partial charge on any atom is -0.490 e. The van der Waals surface area contributed by atoms with E-state index >= 15 is 0 Å². The molecule has 0 saturated carbocycles. The highest BCUT2D eigenvalue weighted by Crippen LogP contribution is 2.32. The number of guanidine groups is 1. The van der Waals surface area contributed by atoms with Crippen LogP contribution in [0.2, 0.25) is 0 Å². The molecular formula is C19H21F2N3O3. The topological polar surface area (TPSA) is 89.1 Å². The lowest BCUT2D eigenvalue weighted by Crippen LogP contribution is -2.30. The van der Waals surface area contributed by atoms with Crippen LogP contribution in [0, 0.1) is 11.6 Å². The van der Waals surface area contributed by atoms with Gasteiger partial charge in [-0.2, -0.15) is 0 Å². The van der Waals surface area contributed by atoms with Crippen LogP contribution in [-0.2, 0) is 5.60 Å². The molecular weight excluding hydrogens is 356 g/mol. The van der Waals surface area contributed by atoms with Gasteiger partial charge in [-0.3, -0.25) is 0 Å². The SMILES string of the molecule is CC(O)(CN=C(N)Nc1ccc2c(c1)OCCCO2)c1ccc(F)cc1F. The van der Waals surface area contributed by atoms with Gasteiger partial charge >= 0.3 is 0 Å². The molecule has 1 heterocycles. The van der Waals surface area contributed by atoms with Crippen LogP contribution in [0.25, 0.3) is 0 Å². The summed E-state index contributed by atoms with van der Waals surface area (Å²) in [5.74, 6) is -0.267. The lowest BCUT2D eigenvalue weighted by atomic mass is 9.95. The number of hydrogen-bond donors (Lipinski definition) is 3. The Hall–Kier alpha value is -2.87. The summed E-state index contributed by atoms with van der Waals surface area (Å²) >= 11 is 0. The van der Waals surface area contributed by atoms with Crippen molar-refractivity contribution in [3.63, 3.8) is 0 Å². The van der Waals surface area contributed by atoms with E-state index in [0.717, 1.165) is 12.5 Å². The summed E-state index contributed by atoms with van der Waals surface area (Å²) < 4.78 is 38.1. The number of nitrogens with zero attached hydrogens (tertiary/aromatic N) is 1. The van der Waals surface area contributed by atoms with Gasteiger partial charge in [-0.15, -0.1) is 0 Å². The lowest BCUT2D eigenvalue weighted by Gasteiger charge is -2.22. The maximum absolute atomic E-state index is 13.9. The van der Waals surface area contributed by atoms with Crippen LogP contribution in [0.4, 0.5) is 14.5 Å². The molecule has 0 spiro atoms. The van der Waals surface area contributed by atoms with Crippen molar-refractivity contribution in [2.75, 3.05) is 25.1 Å². The van der Waals surface area contributed by atoms with Crippen molar-refractivity contribution in [3.05, 3.63) is 53.6 Å². The molecule has 1 atom stereocenters. The van der Waals surface area contributed by atoms with Gasteiger partial charge in [0.2, 0.25) is 0 Å². The third kappa shape index (κ3) is 4.65. The van der Waals surface area contributed by atoms with E-state index in [2.05, 4.69) is 10.3 Å². The third-order valence-electron chi connectivity index (χ3n) is 4.09. The summed E-state index contributed by atoms with van der Waals surface area (Å²) in [6.07, 6.45) is 0.802. The number of nitrogens with one attached hydrogen (secondary N) is 1. The third-order valence-corrected chi connectivity index (χ3v) is 4.09. The Morgan fingerprint density at radius 2 is 1.93 bits per heavy atom. The average molecular weight is 377 g/mol. The number of halogens is 2. The number of anilines is 1. The van der Waals surface area contributed by atoms with Crippen molar-refractivity contribution in [1.29, 1.82) is 0 Å². The molecule has 144 valence electrons. The molecule has 0 bridgehead atoms. The molecule has 2 aromatic rings. The highest BCUT2D eigenvalue weighted by Gasteiger charge is 2.26. The van der Waals surface area contributed by atoms with Gasteiger partial charge in [-0.25, -0.2) is 13.8 Å². The molecule has 0 aliphatic carbocycles. The van der Waals surface area contributed by atoms with Crippen LogP contribution in [0.1, 0.15) is 18.9 Å². The molecule has 0 aromatic heterocycles. The molecule has 0 amide bonds. The molecule has 0 fully saturated rings. The summed E-state index contributed by atoms with van der Waals surface area (Å²) in [5, 5.41) is 13.4. The summed E-state index contributed by atoms with van der Waals surface area (Å²) in [5.41, 5.74) is 4.79. The van der Waals surface area contributed by atoms with Gasteiger partial charge in [0, 0.05) is 29.8 Å². The molecule has 1 unspecified atom stereocenters. The van der Waals surface area contributed by atoms with E-state index in [1.165, 1.54) is 13.0 Å². The van der Waals surface area contributed by atoms with E-state index < -0.39 is 17.2 Å². The summed E-state index contributed by atoms with van der Waals surface area (Å²) in [6, 6.07) is 8.24. The maximum atomic E-state index is 13.9. The minimum atomic E-state index is -1.64. The number of nitrogens with two attached hydrogens (primary N) is 1. The first-order chi connectivity index (χ1) is 12.8. The molecule has 6 nitrogen and oxygen atoms in total. The Labute approximate surface area is 155 Å². The van der Waals surface area contributed by atoms with Crippen molar-refractivity contribution in [2.24, 2.45) is 10.7 Å². The van der Waals surface area contributed by atoms with Gasteiger partial charge in [0.05, 0.1) is 19.8 Å². The van der Waals surface area contributed by atoms with E-state index in [-0.39, 0.29) is 18.1 Å². The summed E-state index contributed by atoms with van der Waals surface area (Å²) in [4.78, 5) is 4.06. The number of benzene rings is 2. The van der Waals surface area contributed by atoms with Crippen LogP contribution in [0.5, 0.6) is 11.5 Å². The van der Waals surface area contributed by atoms with E-state index in [0.29, 0.717) is 36.5 Å². The van der Waals surface area contributed by atoms with Gasteiger partial charge in [-0.1, -0.05) is 6.07 Å². The smallest absolute Gasteiger partial charge is 0.193 e.